The lowest BCUT2D eigenvalue weighted by molar-refractivity contribution is 0.338. The molecule has 4 nitrogen and oxygen atoms in total. The number of aliphatic imine (C=N–C) groups is 2. The molecule has 12 rings (SSSR count). The van der Waals surface area contributed by atoms with Crippen molar-refractivity contribution >= 4 is 33.8 Å². The normalized spacial score (nSPS) is 17.7. The molecule has 71 heavy (non-hydrogen) atoms. The van der Waals surface area contributed by atoms with E-state index in [1.165, 1.54) is 66.4 Å². The van der Waals surface area contributed by atoms with E-state index in [1.807, 2.05) is 0 Å². The molecule has 348 valence electrons. The number of benzene rings is 9. The summed E-state index contributed by atoms with van der Waals surface area (Å²) >= 11 is 0. The number of amidine groups is 2. The predicted molar refractivity (Wildman–Crippen MR) is 299 cm³/mol. The number of para-hydroxylation sites is 2. The summed E-state index contributed by atoms with van der Waals surface area (Å²) in [5.74, 6) is 2.00. The smallest absolute Gasteiger partial charge is 0.136 e. The fourth-order valence-electron chi connectivity index (χ4n) is 11.8. The summed E-state index contributed by atoms with van der Waals surface area (Å²) in [6, 6.07) is 80.7. The number of hydrogen-bond acceptors (Lipinski definition) is 4. The molecular formula is C67H60N4. The summed E-state index contributed by atoms with van der Waals surface area (Å²) in [6.45, 7) is 18.2. The summed E-state index contributed by atoms with van der Waals surface area (Å²) in [5.41, 5.74) is 15.2. The molecule has 0 aromatic heterocycles. The van der Waals surface area contributed by atoms with E-state index in [9.17, 15) is 0 Å². The number of fused-ring (bicyclic) bond motifs is 5. The minimum absolute atomic E-state index is 0.229. The lowest BCUT2D eigenvalue weighted by Gasteiger charge is -2.41. The first-order valence-corrected chi connectivity index (χ1v) is 25.2. The SMILES string of the molecule is CC1(C)N=C(c2ccc(-c3ccc4c(c3)C(c3ccccc3)(c3ccccc3)c3cc(-c5ccc(C6=NC(C)(C)C(C)(C)N6c6ccccc6)cc5)c5ccccc5c3-4)cc2)N(c2ccccc2)C1(C)C. The molecule has 0 radical (unpaired) electrons. The van der Waals surface area contributed by atoms with Crippen LogP contribution in [0, 0.1) is 0 Å². The Morgan fingerprint density at radius 3 is 1.20 bits per heavy atom. The predicted octanol–water partition coefficient (Wildman–Crippen LogP) is 16.2. The zero-order chi connectivity index (χ0) is 48.9. The van der Waals surface area contributed by atoms with Crippen LogP contribution in [0.4, 0.5) is 11.4 Å². The van der Waals surface area contributed by atoms with Gasteiger partial charge in [-0.25, -0.2) is 0 Å². The van der Waals surface area contributed by atoms with E-state index in [0.717, 1.165) is 34.2 Å². The molecule has 0 unspecified atom stereocenters. The van der Waals surface area contributed by atoms with Crippen LogP contribution >= 0.6 is 0 Å². The molecule has 9 aromatic rings. The molecule has 0 bridgehead atoms. The van der Waals surface area contributed by atoms with Crippen molar-refractivity contribution in [2.45, 2.75) is 83.0 Å². The third kappa shape index (κ3) is 6.64. The van der Waals surface area contributed by atoms with Crippen molar-refractivity contribution < 1.29 is 0 Å². The number of anilines is 2. The van der Waals surface area contributed by atoms with Crippen LogP contribution in [0.15, 0.2) is 228 Å². The van der Waals surface area contributed by atoms with Gasteiger partial charge in [0, 0.05) is 22.5 Å². The number of hydrogen-bond donors (Lipinski definition) is 0. The molecule has 0 fully saturated rings. The van der Waals surface area contributed by atoms with Crippen LogP contribution in [0.2, 0.25) is 0 Å². The average Bonchev–Trinajstić information content (AvgIpc) is 3.88. The van der Waals surface area contributed by atoms with Crippen molar-refractivity contribution in [3.8, 4) is 33.4 Å². The van der Waals surface area contributed by atoms with Crippen molar-refractivity contribution in [2.24, 2.45) is 9.98 Å². The van der Waals surface area contributed by atoms with Gasteiger partial charge in [0.1, 0.15) is 11.7 Å². The van der Waals surface area contributed by atoms with E-state index < -0.39 is 5.41 Å². The second-order valence-electron chi connectivity index (χ2n) is 21.7. The van der Waals surface area contributed by atoms with Crippen molar-refractivity contribution in [1.82, 2.24) is 0 Å². The van der Waals surface area contributed by atoms with Gasteiger partial charge in [-0.1, -0.05) is 182 Å². The highest BCUT2D eigenvalue weighted by Gasteiger charge is 2.51. The van der Waals surface area contributed by atoms with Gasteiger partial charge in [0.2, 0.25) is 0 Å². The summed E-state index contributed by atoms with van der Waals surface area (Å²) in [4.78, 5) is 15.7. The van der Waals surface area contributed by atoms with Crippen molar-refractivity contribution in [1.29, 1.82) is 0 Å². The Morgan fingerprint density at radius 2 is 0.718 bits per heavy atom. The molecule has 0 atom stereocenters. The van der Waals surface area contributed by atoms with Gasteiger partial charge in [-0.2, -0.15) is 0 Å². The maximum Gasteiger partial charge on any atom is 0.136 e. The summed E-state index contributed by atoms with van der Waals surface area (Å²) in [5, 5.41) is 2.49. The van der Waals surface area contributed by atoms with Crippen LogP contribution in [-0.2, 0) is 5.41 Å². The Kier molecular flexibility index (Phi) is 10.1. The van der Waals surface area contributed by atoms with Gasteiger partial charge in [-0.3, -0.25) is 9.98 Å². The second-order valence-corrected chi connectivity index (χ2v) is 21.7. The monoisotopic (exact) mass is 920 g/mol. The highest BCUT2D eigenvalue weighted by atomic mass is 15.3. The lowest BCUT2D eigenvalue weighted by atomic mass is 9.67. The van der Waals surface area contributed by atoms with Crippen LogP contribution in [0.1, 0.15) is 88.8 Å². The van der Waals surface area contributed by atoms with Crippen LogP contribution in [0.3, 0.4) is 0 Å². The van der Waals surface area contributed by atoms with E-state index in [0.29, 0.717) is 0 Å². The molecule has 1 aliphatic carbocycles. The van der Waals surface area contributed by atoms with Crippen molar-refractivity contribution in [3.63, 3.8) is 0 Å². The Bertz CT molecular complexity index is 3510. The van der Waals surface area contributed by atoms with E-state index in [2.05, 4.69) is 284 Å². The van der Waals surface area contributed by atoms with E-state index >= 15 is 0 Å². The highest BCUT2D eigenvalue weighted by molar-refractivity contribution is 6.15. The fraction of sp³-hybridized carbons (Fsp3) is 0.194. The van der Waals surface area contributed by atoms with Gasteiger partial charge >= 0.3 is 0 Å². The van der Waals surface area contributed by atoms with Crippen LogP contribution < -0.4 is 9.80 Å². The van der Waals surface area contributed by atoms with Gasteiger partial charge in [0.15, 0.2) is 0 Å². The summed E-state index contributed by atoms with van der Waals surface area (Å²) in [7, 11) is 0. The fourth-order valence-corrected chi connectivity index (χ4v) is 11.8. The molecule has 2 heterocycles. The van der Waals surface area contributed by atoms with Crippen LogP contribution in [0.25, 0.3) is 44.2 Å². The van der Waals surface area contributed by atoms with E-state index in [1.54, 1.807) is 0 Å². The minimum Gasteiger partial charge on any atom is -0.318 e. The molecule has 4 heteroatoms. The van der Waals surface area contributed by atoms with Crippen LogP contribution in [-0.4, -0.2) is 33.8 Å². The largest absolute Gasteiger partial charge is 0.318 e. The molecule has 0 spiro atoms. The maximum atomic E-state index is 5.42. The van der Waals surface area contributed by atoms with Gasteiger partial charge < -0.3 is 9.80 Å². The first-order valence-electron chi connectivity index (χ1n) is 25.2. The lowest BCUT2D eigenvalue weighted by Crippen LogP contribution is -2.53. The van der Waals surface area contributed by atoms with Gasteiger partial charge in [-0.15, -0.1) is 0 Å². The van der Waals surface area contributed by atoms with Gasteiger partial charge in [-0.05, 0) is 158 Å². The average molecular weight is 921 g/mol. The van der Waals surface area contributed by atoms with Gasteiger partial charge in [0.05, 0.1) is 27.6 Å². The third-order valence-corrected chi connectivity index (χ3v) is 16.8. The molecule has 9 aromatic carbocycles. The van der Waals surface area contributed by atoms with Gasteiger partial charge in [0.25, 0.3) is 0 Å². The summed E-state index contributed by atoms with van der Waals surface area (Å²) in [6.07, 6.45) is 0. The van der Waals surface area contributed by atoms with Crippen molar-refractivity contribution in [3.05, 3.63) is 252 Å². The molecule has 3 aliphatic rings. The van der Waals surface area contributed by atoms with Crippen LogP contribution in [0.5, 0.6) is 0 Å². The number of nitrogens with zero attached hydrogens (tertiary/aromatic N) is 4. The highest BCUT2D eigenvalue weighted by Crippen LogP contribution is 2.60. The van der Waals surface area contributed by atoms with Crippen molar-refractivity contribution in [2.75, 3.05) is 9.80 Å². The quantitative estimate of drug-likeness (QED) is 0.152. The van der Waals surface area contributed by atoms with E-state index in [-0.39, 0.29) is 22.2 Å². The molecule has 0 amide bonds. The first kappa shape index (κ1) is 44.4. The standard InChI is InChI=1S/C67H60N4/c1-63(2)65(5,6)70(52-27-17-11-18-28-52)61(68-63)47-37-33-45(34-38-47)49-41-42-56-58(43-49)67(50-23-13-9-14-24-50,51-25-15-10-16-26-51)59-44-57(54-31-21-22-32-55(54)60(56)59)46-35-39-48(40-36-46)62-69-64(3,4)66(7,8)71(62)53-29-19-12-20-30-53/h9-44H,1-8H3. The Morgan fingerprint density at radius 1 is 0.324 bits per heavy atom. The Balaban J connectivity index is 1.01. The Labute approximate surface area is 419 Å². The van der Waals surface area contributed by atoms with E-state index in [4.69, 9.17) is 9.98 Å². The first-order chi connectivity index (χ1) is 34.2. The zero-order valence-corrected chi connectivity index (χ0v) is 42.1. The third-order valence-electron chi connectivity index (χ3n) is 16.8. The second kappa shape index (κ2) is 16.1. The number of rotatable bonds is 8. The molecule has 2 aliphatic heterocycles. The zero-order valence-electron chi connectivity index (χ0n) is 42.1. The Hall–Kier alpha value is -7.82. The molecule has 0 saturated carbocycles. The topological polar surface area (TPSA) is 31.2 Å². The molecule has 0 N–H and O–H groups in total. The maximum absolute atomic E-state index is 5.42. The molecule has 0 saturated heterocycles. The minimum atomic E-state index is -0.611. The molecular weight excluding hydrogens is 861 g/mol. The summed E-state index contributed by atoms with van der Waals surface area (Å²) < 4.78 is 0.